The smallest absolute Gasteiger partial charge is 0.338 e. The van der Waals surface area contributed by atoms with Crippen LogP contribution in [0.5, 0.6) is 0 Å². The summed E-state index contributed by atoms with van der Waals surface area (Å²) >= 11 is 0. The van der Waals surface area contributed by atoms with Crippen LogP contribution in [-0.4, -0.2) is 61.9 Å². The molecular weight excluding hydrogens is 398 g/mol. The molecule has 0 aliphatic carbocycles. The molecule has 0 atom stereocenters. The van der Waals surface area contributed by atoms with Crippen LogP contribution in [0.15, 0.2) is 42.5 Å². The van der Waals surface area contributed by atoms with Crippen molar-refractivity contribution >= 4 is 29.0 Å². The quantitative estimate of drug-likeness (QED) is 0.435. The molecule has 1 heterocycles. The van der Waals surface area contributed by atoms with E-state index in [9.17, 15) is 9.59 Å². The van der Waals surface area contributed by atoms with E-state index in [1.54, 1.807) is 18.2 Å². The van der Waals surface area contributed by atoms with Gasteiger partial charge in [0.25, 0.3) is 0 Å². The highest BCUT2D eigenvalue weighted by atomic mass is 16.5. The van der Waals surface area contributed by atoms with Crippen LogP contribution in [0.2, 0.25) is 0 Å². The molecule has 1 fully saturated rings. The molecule has 1 aliphatic rings. The summed E-state index contributed by atoms with van der Waals surface area (Å²) in [5.74, 6) is -0.292. The number of benzene rings is 2. The summed E-state index contributed by atoms with van der Waals surface area (Å²) in [7, 11) is 1.41. The molecule has 0 aromatic heterocycles. The van der Waals surface area contributed by atoms with Gasteiger partial charge >= 0.3 is 11.9 Å². The predicted octanol–water partition coefficient (Wildman–Crippen LogP) is 2.51. The zero-order valence-corrected chi connectivity index (χ0v) is 17.7. The van der Waals surface area contributed by atoms with E-state index in [2.05, 4.69) is 22.3 Å². The number of piperidine rings is 1. The van der Waals surface area contributed by atoms with E-state index in [4.69, 9.17) is 20.3 Å². The highest BCUT2D eigenvalue weighted by Gasteiger charge is 2.22. The van der Waals surface area contributed by atoms with Gasteiger partial charge in [-0.05, 0) is 67.7 Å². The molecule has 0 amide bonds. The zero-order valence-electron chi connectivity index (χ0n) is 17.7. The largest absolute Gasteiger partial charge is 0.468 e. The second-order valence-corrected chi connectivity index (χ2v) is 7.54. The molecule has 8 heteroatoms. The Kier molecular flexibility index (Phi) is 7.86. The summed E-state index contributed by atoms with van der Waals surface area (Å²) in [6.45, 7) is 1.79. The highest BCUT2D eigenvalue weighted by molar-refractivity contribution is 5.92. The Morgan fingerprint density at radius 3 is 2.65 bits per heavy atom. The monoisotopic (exact) mass is 427 g/mol. The van der Waals surface area contributed by atoms with Crippen molar-refractivity contribution < 1.29 is 24.2 Å². The molecule has 1 aliphatic heterocycles. The van der Waals surface area contributed by atoms with Crippen molar-refractivity contribution in [2.24, 2.45) is 0 Å². The van der Waals surface area contributed by atoms with Gasteiger partial charge in [0.15, 0.2) is 0 Å². The number of ether oxygens (including phenoxy) is 2. The van der Waals surface area contributed by atoms with Crippen LogP contribution >= 0.6 is 0 Å². The van der Waals surface area contributed by atoms with E-state index in [1.807, 2.05) is 12.1 Å². The van der Waals surface area contributed by atoms with Crippen LogP contribution in [0, 0.1) is 0 Å². The lowest BCUT2D eigenvalue weighted by Gasteiger charge is -2.31. The van der Waals surface area contributed by atoms with Gasteiger partial charge in [-0.15, -0.1) is 0 Å². The summed E-state index contributed by atoms with van der Waals surface area (Å²) < 4.78 is 9.66. The van der Waals surface area contributed by atoms with Crippen LogP contribution in [0.4, 0.5) is 17.1 Å². The molecule has 0 bridgehead atoms. The first-order valence-corrected chi connectivity index (χ1v) is 10.3. The number of nitrogens with zero attached hydrogens (tertiary/aromatic N) is 1. The van der Waals surface area contributed by atoms with Gasteiger partial charge < -0.3 is 25.6 Å². The number of nitrogens with one attached hydrogen (secondary N) is 1. The van der Waals surface area contributed by atoms with Crippen LogP contribution in [-0.2, 0) is 14.3 Å². The Morgan fingerprint density at radius 1 is 1.19 bits per heavy atom. The first-order chi connectivity index (χ1) is 15.0. The van der Waals surface area contributed by atoms with Crippen LogP contribution < -0.4 is 11.1 Å². The lowest BCUT2D eigenvalue weighted by Crippen LogP contribution is -2.37. The fourth-order valence-electron chi connectivity index (χ4n) is 3.72. The lowest BCUT2D eigenvalue weighted by molar-refractivity contribution is -0.142. The van der Waals surface area contributed by atoms with Crippen LogP contribution in [0.25, 0.3) is 0 Å². The van der Waals surface area contributed by atoms with Gasteiger partial charge in [-0.3, -0.25) is 9.69 Å². The van der Waals surface area contributed by atoms with Gasteiger partial charge in [0.2, 0.25) is 0 Å². The van der Waals surface area contributed by atoms with Crippen molar-refractivity contribution in [1.82, 2.24) is 4.90 Å². The number of esters is 2. The summed E-state index contributed by atoms with van der Waals surface area (Å²) in [5, 5.41) is 12.1. The van der Waals surface area contributed by atoms with Crippen molar-refractivity contribution in [3.8, 4) is 0 Å². The number of nitrogen functional groups attached to an aromatic ring is 1. The number of likely N-dealkylation sites (tertiary alicyclic amines) is 1. The van der Waals surface area contributed by atoms with Crippen LogP contribution in [0.1, 0.15) is 34.7 Å². The maximum absolute atomic E-state index is 11.9. The molecule has 3 rings (SSSR count). The Morgan fingerprint density at radius 2 is 1.97 bits per heavy atom. The number of nitrogens with two attached hydrogens (primary N) is 1. The number of carbonyl (C=O) groups is 2. The number of aliphatic hydroxyl groups is 1. The fraction of sp³-hybridized carbons (Fsp3) is 0.391. The molecule has 4 N–H and O–H groups in total. The summed E-state index contributed by atoms with van der Waals surface area (Å²) in [6, 6.07) is 13.2. The minimum atomic E-state index is -0.521. The average molecular weight is 428 g/mol. The van der Waals surface area contributed by atoms with E-state index < -0.39 is 5.97 Å². The lowest BCUT2D eigenvalue weighted by atomic mass is 9.89. The maximum Gasteiger partial charge on any atom is 0.338 e. The minimum Gasteiger partial charge on any atom is -0.468 e. The summed E-state index contributed by atoms with van der Waals surface area (Å²) in [4.78, 5) is 25.5. The predicted molar refractivity (Wildman–Crippen MR) is 118 cm³/mol. The number of aliphatic hydroxyl groups excluding tert-OH is 1. The van der Waals surface area contributed by atoms with E-state index in [1.165, 1.54) is 12.7 Å². The zero-order chi connectivity index (χ0) is 22.2. The number of anilines is 3. The van der Waals surface area contributed by atoms with Crippen molar-refractivity contribution in [3.05, 3.63) is 53.6 Å². The van der Waals surface area contributed by atoms with Gasteiger partial charge in [-0.1, -0.05) is 12.1 Å². The SMILES string of the molecule is COC(=O)CN1CCC(c2cccc(Nc3ccc(C(=O)OCCO)cc3N)c2)CC1. The van der Waals surface area contributed by atoms with Crippen molar-refractivity contribution in [2.45, 2.75) is 18.8 Å². The van der Waals surface area contributed by atoms with Gasteiger partial charge in [0.1, 0.15) is 6.61 Å². The standard InChI is InChI=1S/C23H29N3O5/c1-30-22(28)15-26-9-7-16(8-10-26)17-3-2-4-19(13-17)25-21-6-5-18(14-20(21)24)23(29)31-12-11-27/h2-6,13-14,16,25,27H,7-12,15,24H2,1H3. The average Bonchev–Trinajstić information content (AvgIpc) is 2.79. The second-order valence-electron chi connectivity index (χ2n) is 7.54. The van der Waals surface area contributed by atoms with Gasteiger partial charge in [-0.25, -0.2) is 4.79 Å². The van der Waals surface area contributed by atoms with E-state index in [0.717, 1.165) is 31.6 Å². The van der Waals surface area contributed by atoms with Crippen LogP contribution in [0.3, 0.4) is 0 Å². The number of rotatable bonds is 8. The first kappa shape index (κ1) is 22.6. The normalized spacial score (nSPS) is 14.8. The topological polar surface area (TPSA) is 114 Å². The number of hydrogen-bond donors (Lipinski definition) is 3. The third-order valence-electron chi connectivity index (χ3n) is 5.42. The molecule has 0 saturated carbocycles. The Balaban J connectivity index is 1.62. The van der Waals surface area contributed by atoms with E-state index in [-0.39, 0.29) is 19.2 Å². The molecule has 2 aromatic carbocycles. The Bertz CT molecular complexity index is 910. The molecule has 2 aromatic rings. The number of methoxy groups -OCH3 is 1. The molecule has 1 saturated heterocycles. The van der Waals surface area contributed by atoms with Crippen molar-refractivity contribution in [1.29, 1.82) is 0 Å². The summed E-state index contributed by atoms with van der Waals surface area (Å²) in [6.07, 6.45) is 1.96. The van der Waals surface area contributed by atoms with Crippen molar-refractivity contribution in [3.63, 3.8) is 0 Å². The number of carbonyl (C=O) groups excluding carboxylic acids is 2. The van der Waals surface area contributed by atoms with Crippen molar-refractivity contribution in [2.75, 3.05) is 51.0 Å². The molecular formula is C23H29N3O5. The third-order valence-corrected chi connectivity index (χ3v) is 5.42. The molecule has 166 valence electrons. The molecule has 0 spiro atoms. The van der Waals surface area contributed by atoms with E-state index >= 15 is 0 Å². The maximum atomic E-state index is 11.9. The Hall–Kier alpha value is -3.10. The van der Waals surface area contributed by atoms with Gasteiger partial charge in [0, 0.05) is 5.69 Å². The third kappa shape index (κ3) is 6.19. The Labute approximate surface area is 181 Å². The molecule has 31 heavy (non-hydrogen) atoms. The molecule has 8 nitrogen and oxygen atoms in total. The molecule has 0 radical (unpaired) electrons. The highest BCUT2D eigenvalue weighted by Crippen LogP contribution is 2.31. The molecule has 0 unspecified atom stereocenters. The first-order valence-electron chi connectivity index (χ1n) is 10.3. The second kappa shape index (κ2) is 10.8. The van der Waals surface area contributed by atoms with Gasteiger partial charge in [0.05, 0.1) is 37.2 Å². The van der Waals surface area contributed by atoms with Gasteiger partial charge in [-0.2, -0.15) is 0 Å². The minimum absolute atomic E-state index is 0.0485. The number of hydrogen-bond acceptors (Lipinski definition) is 8. The fourth-order valence-corrected chi connectivity index (χ4v) is 3.72. The summed E-state index contributed by atoms with van der Waals surface area (Å²) in [5.41, 5.74) is 9.74. The van der Waals surface area contributed by atoms with E-state index in [0.29, 0.717) is 29.4 Å².